The third-order valence-corrected chi connectivity index (χ3v) is 8.03. The van der Waals surface area contributed by atoms with Crippen molar-refractivity contribution in [1.82, 2.24) is 14.5 Å². The monoisotopic (exact) mass is 487 g/mol. The first-order chi connectivity index (χ1) is 14.8. The molecular weight excluding hydrogens is 458 g/mol. The summed E-state index contributed by atoms with van der Waals surface area (Å²) in [5.41, 5.74) is 0.981. The normalized spacial score (nSPS) is 26.1. The summed E-state index contributed by atoms with van der Waals surface area (Å²) < 4.78 is 16.0. The van der Waals surface area contributed by atoms with E-state index >= 15 is 0 Å². The van der Waals surface area contributed by atoms with Crippen molar-refractivity contribution in [3.05, 3.63) is 46.5 Å². The molecule has 1 aromatic heterocycles. The molecule has 2 unspecified atom stereocenters. The molecule has 2 aromatic rings. The molecule has 0 saturated carbocycles. The summed E-state index contributed by atoms with van der Waals surface area (Å²) in [4.78, 5) is 19.0. The minimum absolute atomic E-state index is 0.0609. The number of aryl methyl sites for hydroxylation is 1. The van der Waals surface area contributed by atoms with E-state index in [9.17, 15) is 4.79 Å². The van der Waals surface area contributed by atoms with Crippen LogP contribution in [0.5, 0.6) is 5.75 Å². The number of piperidine rings is 1. The first-order valence-corrected chi connectivity index (χ1v) is 11.9. The van der Waals surface area contributed by atoms with E-state index in [1.54, 1.807) is 6.20 Å². The van der Waals surface area contributed by atoms with Crippen LogP contribution in [0.25, 0.3) is 0 Å². The van der Waals surface area contributed by atoms with Crippen molar-refractivity contribution in [3.8, 4) is 5.75 Å². The van der Waals surface area contributed by atoms with Gasteiger partial charge in [0.2, 0.25) is 5.91 Å². The highest BCUT2D eigenvalue weighted by molar-refractivity contribution is 9.10. The quantitative estimate of drug-likeness (QED) is 0.624. The lowest BCUT2D eigenvalue weighted by Gasteiger charge is -2.54. The Kier molecular flexibility index (Phi) is 5.17. The average Bonchev–Trinajstić information content (AvgIpc) is 3.14. The van der Waals surface area contributed by atoms with Crippen LogP contribution >= 0.6 is 15.9 Å². The zero-order valence-corrected chi connectivity index (χ0v) is 20.0. The number of imidazole rings is 1. The molecule has 166 valence electrons. The van der Waals surface area contributed by atoms with Gasteiger partial charge < -0.3 is 18.9 Å². The first-order valence-electron chi connectivity index (χ1n) is 11.1. The van der Waals surface area contributed by atoms with E-state index in [4.69, 9.17) is 9.47 Å². The van der Waals surface area contributed by atoms with Gasteiger partial charge in [0.05, 0.1) is 12.7 Å². The van der Waals surface area contributed by atoms with Gasteiger partial charge in [-0.2, -0.15) is 0 Å². The van der Waals surface area contributed by atoms with Crippen LogP contribution in [0.15, 0.2) is 35.1 Å². The average molecular weight is 488 g/mol. The first kappa shape index (κ1) is 21.0. The van der Waals surface area contributed by atoms with E-state index in [2.05, 4.69) is 40.8 Å². The van der Waals surface area contributed by atoms with E-state index in [1.165, 1.54) is 0 Å². The maximum Gasteiger partial charge on any atom is 0.242 e. The lowest BCUT2D eigenvalue weighted by molar-refractivity contribution is -0.176. The largest absolute Gasteiger partial charge is 0.487 e. The number of fused-ring (bicyclic) bond motifs is 3. The molecule has 6 nitrogen and oxygen atoms in total. The number of likely N-dealkylation sites (tertiary alicyclic amines) is 1. The van der Waals surface area contributed by atoms with Gasteiger partial charge in [-0.25, -0.2) is 4.98 Å². The molecule has 0 radical (unpaired) electrons. The standard InChI is InChI=1S/C24H30BrN3O3/c1-16-26-8-11-28(16)14-21(29)27-9-6-24(7-10-27)13-19-22(30-15-24)18-12-17(25)4-5-20(18)31-23(19,2)3/h4-5,8,11-12,19,22H,6-7,9-10,13-15H2,1-3H3. The summed E-state index contributed by atoms with van der Waals surface area (Å²) in [7, 11) is 0. The molecule has 31 heavy (non-hydrogen) atoms. The Morgan fingerprint density at radius 1 is 1.29 bits per heavy atom. The second kappa shape index (κ2) is 7.62. The Hall–Kier alpha value is -1.86. The van der Waals surface area contributed by atoms with E-state index in [0.29, 0.717) is 12.5 Å². The van der Waals surface area contributed by atoms with Crippen molar-refractivity contribution >= 4 is 21.8 Å². The third kappa shape index (κ3) is 3.80. The molecule has 0 aliphatic carbocycles. The van der Waals surface area contributed by atoms with E-state index in [-0.39, 0.29) is 23.0 Å². The topological polar surface area (TPSA) is 56.6 Å². The summed E-state index contributed by atoms with van der Waals surface area (Å²) in [5.74, 6) is 2.27. The minimum atomic E-state index is -0.287. The molecule has 7 heteroatoms. The van der Waals surface area contributed by atoms with Crippen LogP contribution in [-0.4, -0.2) is 45.7 Å². The molecule has 1 amide bonds. The fraction of sp³-hybridized carbons (Fsp3) is 0.583. The Labute approximate surface area is 192 Å². The molecule has 0 N–H and O–H groups in total. The lowest BCUT2D eigenvalue weighted by atomic mass is 9.64. The van der Waals surface area contributed by atoms with Crippen molar-refractivity contribution in [2.45, 2.75) is 58.3 Å². The lowest BCUT2D eigenvalue weighted by Crippen LogP contribution is -2.54. The van der Waals surface area contributed by atoms with Gasteiger partial charge in [0.15, 0.2) is 0 Å². The molecule has 0 bridgehead atoms. The summed E-state index contributed by atoms with van der Waals surface area (Å²) >= 11 is 3.60. The molecule has 3 aliphatic heterocycles. The van der Waals surface area contributed by atoms with Crippen LogP contribution < -0.4 is 4.74 Å². The molecule has 2 atom stereocenters. The van der Waals surface area contributed by atoms with Crippen molar-refractivity contribution in [2.24, 2.45) is 11.3 Å². The van der Waals surface area contributed by atoms with Gasteiger partial charge in [0, 0.05) is 41.4 Å². The number of carbonyl (C=O) groups excluding carboxylic acids is 1. The van der Waals surface area contributed by atoms with Gasteiger partial charge in [-0.15, -0.1) is 0 Å². The maximum atomic E-state index is 12.8. The van der Waals surface area contributed by atoms with Gasteiger partial charge in [-0.3, -0.25) is 4.79 Å². The zero-order valence-electron chi connectivity index (χ0n) is 18.4. The summed E-state index contributed by atoms with van der Waals surface area (Å²) in [6.45, 7) is 8.99. The predicted molar refractivity (Wildman–Crippen MR) is 121 cm³/mol. The van der Waals surface area contributed by atoms with Crippen LogP contribution in [0, 0.1) is 18.3 Å². The van der Waals surface area contributed by atoms with Crippen LogP contribution in [-0.2, 0) is 16.1 Å². The van der Waals surface area contributed by atoms with Crippen LogP contribution in [0.1, 0.15) is 50.6 Å². The highest BCUT2D eigenvalue weighted by Gasteiger charge is 2.52. The van der Waals surface area contributed by atoms with Gasteiger partial charge in [-0.05, 0) is 63.6 Å². The van der Waals surface area contributed by atoms with Crippen molar-refractivity contribution in [3.63, 3.8) is 0 Å². The van der Waals surface area contributed by atoms with Crippen molar-refractivity contribution < 1.29 is 14.3 Å². The number of halogens is 1. The number of amides is 1. The predicted octanol–water partition coefficient (Wildman–Crippen LogP) is 4.51. The highest BCUT2D eigenvalue weighted by Crippen LogP contribution is 2.55. The number of carbonyl (C=O) groups is 1. The second-order valence-electron chi connectivity index (χ2n) is 9.91. The molecule has 3 aliphatic rings. The Morgan fingerprint density at radius 2 is 2.06 bits per heavy atom. The third-order valence-electron chi connectivity index (χ3n) is 7.54. The van der Waals surface area contributed by atoms with Crippen LogP contribution in [0.4, 0.5) is 0 Å². The van der Waals surface area contributed by atoms with E-state index in [0.717, 1.165) is 60.6 Å². The summed E-state index contributed by atoms with van der Waals surface area (Å²) in [5, 5.41) is 0. The highest BCUT2D eigenvalue weighted by atomic mass is 79.9. The Bertz CT molecular complexity index is 994. The maximum absolute atomic E-state index is 12.8. The number of hydrogen-bond donors (Lipinski definition) is 0. The van der Waals surface area contributed by atoms with Crippen molar-refractivity contribution in [1.29, 1.82) is 0 Å². The van der Waals surface area contributed by atoms with Gasteiger partial charge in [0.1, 0.15) is 23.7 Å². The molecule has 2 saturated heterocycles. The molecule has 5 rings (SSSR count). The number of benzene rings is 1. The zero-order chi connectivity index (χ0) is 21.8. The fourth-order valence-corrected chi connectivity index (χ4v) is 5.90. The smallest absolute Gasteiger partial charge is 0.242 e. The summed E-state index contributed by atoms with van der Waals surface area (Å²) in [6.07, 6.45) is 6.70. The SMILES string of the molecule is Cc1nccn1CC(=O)N1CCC2(CC1)COC1c3cc(Br)ccc3OC(C)(C)C1C2. The van der Waals surface area contributed by atoms with Gasteiger partial charge in [0.25, 0.3) is 0 Å². The number of hydrogen-bond acceptors (Lipinski definition) is 4. The summed E-state index contributed by atoms with van der Waals surface area (Å²) in [6, 6.07) is 6.20. The molecule has 1 spiro atoms. The second-order valence-corrected chi connectivity index (χ2v) is 10.8. The Balaban J connectivity index is 1.28. The van der Waals surface area contributed by atoms with E-state index < -0.39 is 0 Å². The number of aromatic nitrogens is 2. The molecule has 2 fully saturated rings. The van der Waals surface area contributed by atoms with Crippen molar-refractivity contribution in [2.75, 3.05) is 19.7 Å². The van der Waals surface area contributed by atoms with Crippen LogP contribution in [0.2, 0.25) is 0 Å². The van der Waals surface area contributed by atoms with Gasteiger partial charge in [-0.1, -0.05) is 15.9 Å². The fourth-order valence-electron chi connectivity index (χ4n) is 5.52. The number of nitrogens with zero attached hydrogens (tertiary/aromatic N) is 3. The molecule has 4 heterocycles. The Morgan fingerprint density at radius 3 is 2.77 bits per heavy atom. The minimum Gasteiger partial charge on any atom is -0.487 e. The molecule has 1 aromatic carbocycles. The van der Waals surface area contributed by atoms with E-state index in [1.807, 2.05) is 34.7 Å². The number of rotatable bonds is 2. The van der Waals surface area contributed by atoms with Crippen LogP contribution in [0.3, 0.4) is 0 Å². The van der Waals surface area contributed by atoms with Gasteiger partial charge >= 0.3 is 0 Å². The molecular formula is C24H30BrN3O3. The number of ether oxygens (including phenoxy) is 2.